The molecule has 61 heavy (non-hydrogen) atoms. The summed E-state index contributed by atoms with van der Waals surface area (Å²) in [6.45, 7) is 8.93. The number of phenols is 1. The average molecular weight is 833 g/mol. The molecular formula is C52H64O9. The maximum absolute atomic E-state index is 12.5. The zero-order valence-electron chi connectivity index (χ0n) is 36.7. The summed E-state index contributed by atoms with van der Waals surface area (Å²) in [6, 6.07) is 15.7. The topological polar surface area (TPSA) is 94.1 Å². The normalized spacial score (nSPS) is 20.1. The molecule has 0 fully saturated rings. The highest BCUT2D eigenvalue weighted by atomic mass is 16.7. The molecule has 9 nitrogen and oxygen atoms in total. The first-order chi connectivity index (χ1) is 30.0. The Morgan fingerprint density at radius 2 is 0.590 bits per heavy atom. The van der Waals surface area contributed by atoms with Crippen molar-refractivity contribution in [3.05, 3.63) is 87.0 Å². The van der Waals surface area contributed by atoms with Crippen LogP contribution in [0.2, 0.25) is 0 Å². The highest BCUT2D eigenvalue weighted by Gasteiger charge is 2.38. The van der Waals surface area contributed by atoms with Crippen molar-refractivity contribution in [2.75, 3.05) is 27.2 Å². The van der Waals surface area contributed by atoms with Crippen LogP contribution in [0.15, 0.2) is 42.5 Å². The van der Waals surface area contributed by atoms with Crippen molar-refractivity contribution < 1.29 is 43.0 Å². The minimum Gasteiger partial charge on any atom is -0.502 e. The second-order valence-electron chi connectivity index (χ2n) is 17.7. The number of hydrogen-bond donors (Lipinski definition) is 1. The largest absolute Gasteiger partial charge is 0.502 e. The van der Waals surface area contributed by atoms with E-state index in [4.69, 9.17) is 37.9 Å². The van der Waals surface area contributed by atoms with Crippen molar-refractivity contribution in [1.29, 1.82) is 0 Å². The van der Waals surface area contributed by atoms with Crippen molar-refractivity contribution in [1.82, 2.24) is 0 Å². The molecule has 9 rings (SSSR count). The predicted molar refractivity (Wildman–Crippen MR) is 236 cm³/mol. The van der Waals surface area contributed by atoms with Gasteiger partial charge in [-0.1, -0.05) is 105 Å². The number of benzene rings is 4. The highest BCUT2D eigenvalue weighted by Crippen LogP contribution is 2.57. The molecule has 0 amide bonds. The molecule has 9 heteroatoms. The van der Waals surface area contributed by atoms with Crippen LogP contribution in [0, 0.1) is 0 Å². The Labute approximate surface area is 361 Å². The van der Waals surface area contributed by atoms with Gasteiger partial charge in [-0.15, -0.1) is 0 Å². The van der Waals surface area contributed by atoms with Gasteiger partial charge in [0.1, 0.15) is 34.5 Å². The molecule has 1 N–H and O–H groups in total. The molecule has 0 saturated carbocycles. The third-order valence-corrected chi connectivity index (χ3v) is 13.8. The van der Waals surface area contributed by atoms with Crippen molar-refractivity contribution in [3.8, 4) is 51.7 Å². The van der Waals surface area contributed by atoms with Crippen LogP contribution in [0.3, 0.4) is 0 Å². The zero-order chi connectivity index (χ0) is 41.9. The Morgan fingerprint density at radius 1 is 0.344 bits per heavy atom. The molecule has 1 aliphatic carbocycles. The zero-order valence-corrected chi connectivity index (χ0v) is 36.7. The number of aromatic hydroxyl groups is 1. The third kappa shape index (κ3) is 8.02. The molecule has 8 bridgehead atoms. The number of phenolic OH excluding ortho intramolecular Hbond substituents is 1. The number of unbranched alkanes of at least 4 members (excludes halogenated alkanes) is 8. The lowest BCUT2D eigenvalue weighted by Gasteiger charge is -2.35. The first kappa shape index (κ1) is 41.4. The lowest BCUT2D eigenvalue weighted by Crippen LogP contribution is -2.22. The fraction of sp³-hybridized carbons (Fsp3) is 0.538. The Balaban J connectivity index is 1.39. The smallest absolute Gasteiger partial charge is 0.231 e. The van der Waals surface area contributed by atoms with Gasteiger partial charge in [-0.2, -0.15) is 0 Å². The number of ether oxygens (including phenoxy) is 8. The number of rotatable bonds is 16. The molecule has 5 aliphatic rings. The summed E-state index contributed by atoms with van der Waals surface area (Å²) in [7, 11) is 0. The van der Waals surface area contributed by atoms with E-state index >= 15 is 0 Å². The van der Waals surface area contributed by atoms with Crippen LogP contribution in [0.5, 0.6) is 51.7 Å². The van der Waals surface area contributed by atoms with E-state index in [1.54, 1.807) is 0 Å². The van der Waals surface area contributed by atoms with Crippen LogP contribution < -0.4 is 37.9 Å². The van der Waals surface area contributed by atoms with Gasteiger partial charge in [-0.25, -0.2) is 0 Å². The van der Waals surface area contributed by atoms with E-state index in [1.165, 1.54) is 0 Å². The first-order valence-electron chi connectivity index (χ1n) is 23.5. The van der Waals surface area contributed by atoms with Gasteiger partial charge in [0.2, 0.25) is 32.9 Å². The van der Waals surface area contributed by atoms with E-state index in [1.807, 2.05) is 0 Å². The molecule has 4 unspecified atom stereocenters. The molecule has 0 aromatic heterocycles. The predicted octanol–water partition coefficient (Wildman–Crippen LogP) is 13.5. The van der Waals surface area contributed by atoms with E-state index in [0.29, 0.717) is 11.5 Å². The number of hydrogen-bond acceptors (Lipinski definition) is 9. The average Bonchev–Trinajstić information content (AvgIpc) is 3.24. The third-order valence-electron chi connectivity index (χ3n) is 13.8. The standard InChI is InChI=1S/C52H64O9/c1-5-9-13-17-32-36-21-37-33(18-14-10-6-2)39-23-41-35(20-16-12-8-4)43-24-42-34(19-15-11-7-3)40-22-38(32)46-26-48(40)58-30-60-51(42)50(53)52(43)61-31-59-49(41)27-47(39)57-29-55-45(37)25-44(36)54-28-56-46/h21-27,32-35,53H,5-20,28-31H2,1-4H3. The van der Waals surface area contributed by atoms with Crippen LogP contribution >= 0.6 is 0 Å². The van der Waals surface area contributed by atoms with Gasteiger partial charge in [0.05, 0.1) is 0 Å². The van der Waals surface area contributed by atoms with Crippen molar-refractivity contribution in [2.24, 2.45) is 0 Å². The molecule has 4 heterocycles. The van der Waals surface area contributed by atoms with Gasteiger partial charge >= 0.3 is 0 Å². The molecule has 4 aromatic rings. The summed E-state index contributed by atoms with van der Waals surface area (Å²) in [6.07, 6.45) is 16.5. The fourth-order valence-electron chi connectivity index (χ4n) is 10.6. The highest BCUT2D eigenvalue weighted by molar-refractivity contribution is 5.67. The van der Waals surface area contributed by atoms with Gasteiger partial charge in [-0.3, -0.25) is 0 Å². The van der Waals surface area contributed by atoms with Gasteiger partial charge in [-0.05, 0) is 49.9 Å². The molecule has 0 saturated heterocycles. The summed E-state index contributed by atoms with van der Waals surface area (Å²) in [5.41, 5.74) is 8.69. The molecule has 326 valence electrons. The lowest BCUT2D eigenvalue weighted by atomic mass is 9.76. The minimum absolute atomic E-state index is 0.00584. The minimum atomic E-state index is -0.132. The van der Waals surface area contributed by atoms with E-state index in [-0.39, 0.29) is 56.6 Å². The monoisotopic (exact) mass is 832 g/mol. The molecule has 4 aliphatic heterocycles. The van der Waals surface area contributed by atoms with Crippen LogP contribution in [-0.4, -0.2) is 32.3 Å². The second kappa shape index (κ2) is 18.6. The Hall–Kier alpha value is -4.92. The first-order valence-corrected chi connectivity index (χ1v) is 23.5. The quantitative estimate of drug-likeness (QED) is 0.111. The van der Waals surface area contributed by atoms with E-state index < -0.39 is 0 Å². The van der Waals surface area contributed by atoms with Crippen molar-refractivity contribution >= 4 is 0 Å². The van der Waals surface area contributed by atoms with Crippen molar-refractivity contribution in [2.45, 2.75) is 154 Å². The maximum atomic E-state index is 12.5. The van der Waals surface area contributed by atoms with Crippen LogP contribution in [0.1, 0.15) is 199 Å². The fourth-order valence-corrected chi connectivity index (χ4v) is 10.6. The molecule has 0 spiro atoms. The van der Waals surface area contributed by atoms with Crippen LogP contribution in [-0.2, 0) is 0 Å². The summed E-state index contributed by atoms with van der Waals surface area (Å²) < 4.78 is 52.2. The Morgan fingerprint density at radius 3 is 0.869 bits per heavy atom. The van der Waals surface area contributed by atoms with Crippen LogP contribution in [0.4, 0.5) is 0 Å². The molecular weight excluding hydrogens is 769 g/mol. The summed E-state index contributed by atoms with van der Waals surface area (Å²) in [5, 5.41) is 12.5. The van der Waals surface area contributed by atoms with Gasteiger partial charge in [0, 0.05) is 86.4 Å². The second-order valence-corrected chi connectivity index (χ2v) is 17.7. The summed E-state index contributed by atoms with van der Waals surface area (Å²) >= 11 is 0. The lowest BCUT2D eigenvalue weighted by molar-refractivity contribution is 0.0946. The SMILES string of the molecule is CCCCCC1c2cc3c4cc2OCOc2cc5c(cc21)C(CCCCC)c1cc2c(c(O)c1OCO5)OCOc1cc(c(cc1C2CCCCC)C3CCCCC)OCO4. The van der Waals surface area contributed by atoms with Gasteiger partial charge in [0.25, 0.3) is 0 Å². The Kier molecular flexibility index (Phi) is 12.6. The summed E-state index contributed by atoms with van der Waals surface area (Å²) in [4.78, 5) is 0. The van der Waals surface area contributed by atoms with Crippen LogP contribution in [0.25, 0.3) is 0 Å². The van der Waals surface area contributed by atoms with E-state index in [0.717, 1.165) is 182 Å². The van der Waals surface area contributed by atoms with E-state index in [2.05, 4.69) is 70.2 Å². The molecule has 0 radical (unpaired) electrons. The Bertz CT molecular complexity index is 2050. The van der Waals surface area contributed by atoms with Gasteiger partial charge < -0.3 is 43.0 Å². The molecule has 4 aromatic carbocycles. The summed E-state index contributed by atoms with van der Waals surface area (Å²) in [5.74, 6) is 5.11. The van der Waals surface area contributed by atoms with E-state index in [9.17, 15) is 5.11 Å². The maximum Gasteiger partial charge on any atom is 0.231 e. The van der Waals surface area contributed by atoms with Crippen molar-refractivity contribution in [3.63, 3.8) is 0 Å². The molecule has 4 atom stereocenters. The van der Waals surface area contributed by atoms with Gasteiger partial charge in [0.15, 0.2) is 11.5 Å².